The minimum Gasteiger partial charge on any atom is -0.395 e. The van der Waals surface area contributed by atoms with Crippen LogP contribution in [0.2, 0.25) is 0 Å². The largest absolute Gasteiger partial charge is 0.395 e. The molecular weight excluding hydrogens is 293 g/mol. The zero-order valence-corrected chi connectivity index (χ0v) is 11.9. The molecule has 1 aliphatic heterocycles. The Bertz CT molecular complexity index is 438. The summed E-state index contributed by atoms with van der Waals surface area (Å²) in [6.45, 7) is 1.13. The maximum absolute atomic E-state index is 14.1. The van der Waals surface area contributed by atoms with Crippen LogP contribution in [0.15, 0.2) is 24.3 Å². The van der Waals surface area contributed by atoms with Crippen molar-refractivity contribution in [2.24, 2.45) is 0 Å². The Kier molecular flexibility index (Phi) is 6.10. The highest BCUT2D eigenvalue weighted by Gasteiger charge is 2.42. The molecule has 2 rings (SSSR count). The summed E-state index contributed by atoms with van der Waals surface area (Å²) in [5, 5.41) is 8.76. The van der Waals surface area contributed by atoms with Crippen molar-refractivity contribution in [1.29, 1.82) is 0 Å². The first-order valence-corrected chi connectivity index (χ1v) is 6.16. The number of nitrogens with zero attached hydrogens (tertiary/aromatic N) is 2. The molecule has 20 heavy (non-hydrogen) atoms. The first kappa shape index (κ1) is 17.1. The molecule has 7 heteroatoms. The summed E-state index contributed by atoms with van der Waals surface area (Å²) < 4.78 is 42.0. The van der Waals surface area contributed by atoms with Gasteiger partial charge in [0.1, 0.15) is 0 Å². The van der Waals surface area contributed by atoms with Crippen LogP contribution < -0.4 is 4.90 Å². The minimum absolute atomic E-state index is 0. The van der Waals surface area contributed by atoms with Crippen molar-refractivity contribution in [3.8, 4) is 0 Å². The molecule has 1 fully saturated rings. The molecule has 3 nitrogen and oxygen atoms in total. The summed E-state index contributed by atoms with van der Waals surface area (Å²) >= 11 is 0. The lowest BCUT2D eigenvalue weighted by Gasteiger charge is -2.43. The maximum atomic E-state index is 14.1. The molecule has 1 N–H and O–H groups in total. The lowest BCUT2D eigenvalue weighted by Crippen LogP contribution is -2.60. The van der Waals surface area contributed by atoms with Crippen LogP contribution in [-0.4, -0.2) is 48.6 Å². The molecular formula is C13H18ClF3N2O. The van der Waals surface area contributed by atoms with E-state index in [0.29, 0.717) is 5.69 Å². The van der Waals surface area contributed by atoms with Gasteiger partial charge in [-0.25, -0.2) is 13.2 Å². The number of piperazine rings is 1. The minimum atomic E-state index is -2.09. The van der Waals surface area contributed by atoms with E-state index in [-0.39, 0.29) is 32.1 Å². The van der Waals surface area contributed by atoms with Gasteiger partial charge in [0.05, 0.1) is 13.2 Å². The zero-order valence-electron chi connectivity index (χ0n) is 11.0. The summed E-state index contributed by atoms with van der Waals surface area (Å²) in [5.41, 5.74) is 1.18. The first-order valence-electron chi connectivity index (χ1n) is 6.16. The van der Waals surface area contributed by atoms with Gasteiger partial charge < -0.3 is 10.0 Å². The molecule has 1 heterocycles. The Morgan fingerprint density at radius 1 is 1.25 bits per heavy atom. The number of aryl methyl sites for hydroxylation is 1. The molecule has 0 aliphatic carbocycles. The molecule has 1 aliphatic rings. The molecule has 0 bridgehead atoms. The SMILES string of the molecule is Cc1cccc(N2C(F)CN(CCO)C(F)C2F)c1.Cl. The quantitative estimate of drug-likeness (QED) is 0.869. The van der Waals surface area contributed by atoms with Gasteiger partial charge in [-0.15, -0.1) is 12.4 Å². The molecule has 1 aromatic carbocycles. The van der Waals surface area contributed by atoms with E-state index in [2.05, 4.69) is 0 Å². The van der Waals surface area contributed by atoms with Crippen LogP contribution in [0.1, 0.15) is 5.56 Å². The van der Waals surface area contributed by atoms with E-state index in [1.807, 2.05) is 0 Å². The number of β-amino-alcohol motifs (C(OH)–C–C–N with tert-alkyl or cyclic N) is 1. The third-order valence-electron chi connectivity index (χ3n) is 3.22. The predicted octanol–water partition coefficient (Wildman–Crippen LogP) is 2.42. The number of hydrogen-bond donors (Lipinski definition) is 1. The molecule has 3 atom stereocenters. The highest BCUT2D eigenvalue weighted by Crippen LogP contribution is 2.30. The second kappa shape index (κ2) is 7.15. The Morgan fingerprint density at radius 3 is 2.55 bits per heavy atom. The fourth-order valence-electron chi connectivity index (χ4n) is 2.28. The second-order valence-corrected chi connectivity index (χ2v) is 4.64. The molecule has 1 aromatic rings. The van der Waals surface area contributed by atoms with Crippen molar-refractivity contribution in [2.45, 2.75) is 25.8 Å². The lowest BCUT2D eigenvalue weighted by molar-refractivity contribution is -0.0514. The molecule has 1 saturated heterocycles. The van der Waals surface area contributed by atoms with Crippen LogP contribution in [0, 0.1) is 6.92 Å². The highest BCUT2D eigenvalue weighted by atomic mass is 35.5. The zero-order chi connectivity index (χ0) is 14.0. The van der Waals surface area contributed by atoms with Crippen LogP contribution in [0.5, 0.6) is 0 Å². The topological polar surface area (TPSA) is 26.7 Å². The normalized spacial score (nSPS) is 27.2. The first-order chi connectivity index (χ1) is 9.04. The average Bonchev–Trinajstić information content (AvgIpc) is 2.36. The number of halogens is 4. The Hall–Kier alpha value is -0.980. The third-order valence-corrected chi connectivity index (χ3v) is 3.22. The van der Waals surface area contributed by atoms with E-state index >= 15 is 0 Å². The van der Waals surface area contributed by atoms with Gasteiger partial charge in [-0.05, 0) is 24.6 Å². The molecule has 0 radical (unpaired) electrons. The summed E-state index contributed by atoms with van der Waals surface area (Å²) in [6.07, 6.45) is -5.67. The number of hydrogen-bond acceptors (Lipinski definition) is 3. The van der Waals surface area contributed by atoms with Crippen LogP contribution >= 0.6 is 12.4 Å². The summed E-state index contributed by atoms with van der Waals surface area (Å²) in [6, 6.07) is 6.66. The molecule has 3 unspecified atom stereocenters. The van der Waals surface area contributed by atoms with Gasteiger partial charge in [0, 0.05) is 12.2 Å². The Labute approximate surface area is 122 Å². The maximum Gasteiger partial charge on any atom is 0.220 e. The molecule has 0 spiro atoms. The number of anilines is 1. The summed E-state index contributed by atoms with van der Waals surface area (Å²) in [7, 11) is 0. The smallest absolute Gasteiger partial charge is 0.220 e. The van der Waals surface area contributed by atoms with E-state index < -0.39 is 18.9 Å². The van der Waals surface area contributed by atoms with Gasteiger partial charge in [0.15, 0.2) is 6.30 Å². The van der Waals surface area contributed by atoms with Crippen LogP contribution in [0.25, 0.3) is 0 Å². The molecule has 0 aromatic heterocycles. The van der Waals surface area contributed by atoms with Crippen molar-refractivity contribution in [3.05, 3.63) is 29.8 Å². The van der Waals surface area contributed by atoms with E-state index in [4.69, 9.17) is 5.11 Å². The standard InChI is InChI=1S/C13H17F3N2O.ClH/c1-9-3-2-4-10(7-9)18-11(14)8-17(5-6-19)12(15)13(18)16;/h2-4,7,11-13,19H,5-6,8H2,1H3;1H. The Morgan fingerprint density at radius 2 is 1.95 bits per heavy atom. The van der Waals surface area contributed by atoms with Crippen LogP contribution in [-0.2, 0) is 0 Å². The number of aliphatic hydroxyl groups excluding tert-OH is 1. The highest BCUT2D eigenvalue weighted by molar-refractivity contribution is 5.85. The third kappa shape index (κ3) is 3.37. The van der Waals surface area contributed by atoms with Gasteiger partial charge in [-0.2, -0.15) is 0 Å². The fraction of sp³-hybridized carbons (Fsp3) is 0.538. The number of aliphatic hydroxyl groups is 1. The van der Waals surface area contributed by atoms with Gasteiger partial charge >= 0.3 is 0 Å². The summed E-state index contributed by atoms with van der Waals surface area (Å²) in [5.74, 6) is 0. The predicted molar refractivity (Wildman–Crippen MR) is 74.3 cm³/mol. The van der Waals surface area contributed by atoms with Crippen molar-refractivity contribution in [1.82, 2.24) is 4.90 Å². The number of rotatable bonds is 3. The van der Waals surface area contributed by atoms with Crippen LogP contribution in [0.4, 0.5) is 18.9 Å². The van der Waals surface area contributed by atoms with Gasteiger partial charge in [-0.1, -0.05) is 12.1 Å². The van der Waals surface area contributed by atoms with E-state index in [1.165, 1.54) is 0 Å². The van der Waals surface area contributed by atoms with Gasteiger partial charge in [-0.3, -0.25) is 4.90 Å². The van der Waals surface area contributed by atoms with Gasteiger partial charge in [0.25, 0.3) is 0 Å². The van der Waals surface area contributed by atoms with Crippen molar-refractivity contribution in [3.63, 3.8) is 0 Å². The summed E-state index contributed by atoms with van der Waals surface area (Å²) in [4.78, 5) is 1.78. The average molecular weight is 311 g/mol. The molecule has 0 amide bonds. The number of benzene rings is 1. The monoisotopic (exact) mass is 310 g/mol. The van der Waals surface area contributed by atoms with E-state index in [0.717, 1.165) is 15.4 Å². The van der Waals surface area contributed by atoms with E-state index in [1.54, 1.807) is 31.2 Å². The van der Waals surface area contributed by atoms with Crippen molar-refractivity contribution < 1.29 is 18.3 Å². The Balaban J connectivity index is 0.00000200. The number of alkyl halides is 3. The molecule has 0 saturated carbocycles. The van der Waals surface area contributed by atoms with E-state index in [9.17, 15) is 13.2 Å². The molecule has 114 valence electrons. The fourth-order valence-corrected chi connectivity index (χ4v) is 2.28. The second-order valence-electron chi connectivity index (χ2n) is 4.64. The lowest BCUT2D eigenvalue weighted by atomic mass is 10.1. The van der Waals surface area contributed by atoms with Crippen molar-refractivity contribution >= 4 is 18.1 Å². The van der Waals surface area contributed by atoms with Crippen LogP contribution in [0.3, 0.4) is 0 Å². The van der Waals surface area contributed by atoms with Crippen molar-refractivity contribution in [2.75, 3.05) is 24.6 Å². The van der Waals surface area contributed by atoms with Gasteiger partial charge in [0.2, 0.25) is 12.6 Å².